The Bertz CT molecular complexity index is 224. The van der Waals surface area contributed by atoms with Crippen molar-refractivity contribution in [1.82, 2.24) is 0 Å². The third-order valence-corrected chi connectivity index (χ3v) is 1.64. The summed E-state index contributed by atoms with van der Waals surface area (Å²) in [5, 5.41) is 0. The molecule has 0 saturated heterocycles. The minimum atomic E-state index is -1.09. The highest BCUT2D eigenvalue weighted by Crippen LogP contribution is 2.07. The molecule has 0 bridgehead atoms. The van der Waals surface area contributed by atoms with Gasteiger partial charge in [0.25, 0.3) is 6.35 Å². The smallest absolute Gasteiger partial charge is 0.268 e. The molecule has 78 valence electrons. The van der Waals surface area contributed by atoms with Gasteiger partial charge in [0.1, 0.15) is 0 Å². The van der Waals surface area contributed by atoms with E-state index in [0.29, 0.717) is 0 Å². The van der Waals surface area contributed by atoms with Crippen LogP contribution in [0.3, 0.4) is 0 Å². The predicted octanol–water partition coefficient (Wildman–Crippen LogP) is 1.54. The summed E-state index contributed by atoms with van der Waals surface area (Å²) < 4.78 is 5.18. The zero-order valence-electron chi connectivity index (χ0n) is 8.40. The molecule has 5 heteroatoms. The lowest BCUT2D eigenvalue weighted by molar-refractivity contribution is 0.00315. The summed E-state index contributed by atoms with van der Waals surface area (Å²) in [7, 11) is 0. The van der Waals surface area contributed by atoms with Crippen LogP contribution >= 0.6 is 0 Å². The molecule has 0 aliphatic carbocycles. The van der Waals surface area contributed by atoms with Gasteiger partial charge in [-0.2, -0.15) is 0 Å². The Morgan fingerprint density at radius 3 is 2.29 bits per heavy atom. The predicted molar refractivity (Wildman–Crippen MR) is 50.1 cm³/mol. The van der Waals surface area contributed by atoms with Crippen molar-refractivity contribution in [2.45, 2.75) is 45.6 Å². The van der Waals surface area contributed by atoms with Gasteiger partial charge >= 0.3 is 0 Å². The van der Waals surface area contributed by atoms with Crippen molar-refractivity contribution < 1.29 is 14.3 Å². The van der Waals surface area contributed by atoms with Gasteiger partial charge in [0.05, 0.1) is 6.10 Å². The lowest BCUT2D eigenvalue weighted by atomic mass is 10.2. The molecule has 14 heavy (non-hydrogen) atoms. The van der Waals surface area contributed by atoms with Gasteiger partial charge in [-0.3, -0.25) is 0 Å². The Hall–Kier alpha value is -1.28. The van der Waals surface area contributed by atoms with Gasteiger partial charge in [-0.25, -0.2) is 9.59 Å². The first-order valence-corrected chi connectivity index (χ1v) is 4.54. The van der Waals surface area contributed by atoms with Gasteiger partial charge in [-0.05, 0) is 13.3 Å². The first-order chi connectivity index (χ1) is 6.74. The first kappa shape index (κ1) is 12.7. The van der Waals surface area contributed by atoms with E-state index < -0.39 is 6.35 Å². The fourth-order valence-electron chi connectivity index (χ4n) is 0.947. The van der Waals surface area contributed by atoms with Crippen molar-refractivity contribution in [1.29, 1.82) is 0 Å². The monoisotopic (exact) mass is 198 g/mol. The van der Waals surface area contributed by atoms with E-state index in [1.54, 1.807) is 0 Å². The SMILES string of the molecule is CCCCC(C)OC(N=C=O)N=C=O. The third-order valence-electron chi connectivity index (χ3n) is 1.64. The van der Waals surface area contributed by atoms with E-state index in [1.165, 1.54) is 12.2 Å². The van der Waals surface area contributed by atoms with Crippen LogP contribution in [0.2, 0.25) is 0 Å². The van der Waals surface area contributed by atoms with E-state index >= 15 is 0 Å². The van der Waals surface area contributed by atoms with Crippen molar-refractivity contribution in [2.24, 2.45) is 9.98 Å². The lowest BCUT2D eigenvalue weighted by Crippen LogP contribution is -2.16. The highest BCUT2D eigenvalue weighted by atomic mass is 16.5. The van der Waals surface area contributed by atoms with Crippen molar-refractivity contribution >= 4 is 12.2 Å². The zero-order valence-corrected chi connectivity index (χ0v) is 8.40. The molecule has 1 atom stereocenters. The summed E-state index contributed by atoms with van der Waals surface area (Å²) in [5.41, 5.74) is 0. The van der Waals surface area contributed by atoms with Crippen LogP contribution in [0.1, 0.15) is 33.1 Å². The summed E-state index contributed by atoms with van der Waals surface area (Å²) in [6, 6.07) is 0. The number of aliphatic imine (C=N–C) groups is 2. The van der Waals surface area contributed by atoms with Crippen LogP contribution in [-0.4, -0.2) is 24.6 Å². The molecule has 0 spiro atoms. The molecule has 0 aromatic heterocycles. The average Bonchev–Trinajstić information content (AvgIpc) is 2.15. The number of rotatable bonds is 7. The number of isocyanates is 2. The Kier molecular flexibility index (Phi) is 7.56. The second-order valence-corrected chi connectivity index (χ2v) is 2.86. The Balaban J connectivity index is 4.01. The lowest BCUT2D eigenvalue weighted by Gasteiger charge is -2.13. The number of ether oxygens (including phenoxy) is 1. The van der Waals surface area contributed by atoms with Gasteiger partial charge in [0, 0.05) is 0 Å². The molecule has 5 nitrogen and oxygen atoms in total. The van der Waals surface area contributed by atoms with Crippen molar-refractivity contribution in [3.8, 4) is 0 Å². The highest BCUT2D eigenvalue weighted by molar-refractivity contribution is 5.36. The fraction of sp³-hybridized carbons (Fsp3) is 0.778. The minimum absolute atomic E-state index is 0.0888. The van der Waals surface area contributed by atoms with Gasteiger partial charge in [0.15, 0.2) is 0 Å². The molecule has 1 unspecified atom stereocenters. The van der Waals surface area contributed by atoms with Gasteiger partial charge in [-0.1, -0.05) is 19.8 Å². The third kappa shape index (κ3) is 6.26. The molecule has 0 radical (unpaired) electrons. The summed E-state index contributed by atoms with van der Waals surface area (Å²) in [4.78, 5) is 26.3. The number of nitrogens with zero attached hydrogens (tertiary/aromatic N) is 2. The van der Waals surface area contributed by atoms with E-state index in [2.05, 4.69) is 16.9 Å². The van der Waals surface area contributed by atoms with E-state index in [1.807, 2.05) is 6.92 Å². The summed E-state index contributed by atoms with van der Waals surface area (Å²) >= 11 is 0. The number of unbranched alkanes of at least 4 members (excludes halogenated alkanes) is 1. The number of hydrogen-bond acceptors (Lipinski definition) is 5. The van der Waals surface area contributed by atoms with Crippen molar-refractivity contribution in [2.75, 3.05) is 0 Å². The molecule has 0 aliphatic rings. The minimum Gasteiger partial charge on any atom is -0.334 e. The summed E-state index contributed by atoms with van der Waals surface area (Å²) in [6.07, 6.45) is 4.33. The molecular weight excluding hydrogens is 184 g/mol. The Morgan fingerprint density at radius 1 is 1.29 bits per heavy atom. The highest BCUT2D eigenvalue weighted by Gasteiger charge is 2.09. The molecule has 0 aliphatic heterocycles. The normalized spacial score (nSPS) is 13.6. The second kappa shape index (κ2) is 8.32. The number of hydrogen-bond donors (Lipinski definition) is 0. The van der Waals surface area contributed by atoms with Crippen LogP contribution in [0.15, 0.2) is 9.98 Å². The van der Waals surface area contributed by atoms with Gasteiger partial charge in [0.2, 0.25) is 12.2 Å². The standard InChI is InChI=1S/C9H14N2O3/c1-3-4-5-8(2)14-9(10-6-12)11-7-13/h8-9H,3-5H2,1-2H3. The van der Waals surface area contributed by atoms with Gasteiger partial charge < -0.3 is 4.74 Å². The topological polar surface area (TPSA) is 68.1 Å². The van der Waals surface area contributed by atoms with Crippen molar-refractivity contribution in [3.63, 3.8) is 0 Å². The molecule has 0 fully saturated rings. The quantitative estimate of drug-likeness (QED) is 0.460. The van der Waals surface area contributed by atoms with E-state index in [0.717, 1.165) is 19.3 Å². The summed E-state index contributed by atoms with van der Waals surface area (Å²) in [5.74, 6) is 0. The van der Waals surface area contributed by atoms with Crippen LogP contribution < -0.4 is 0 Å². The Morgan fingerprint density at radius 2 is 1.86 bits per heavy atom. The van der Waals surface area contributed by atoms with E-state index in [-0.39, 0.29) is 6.10 Å². The van der Waals surface area contributed by atoms with Crippen LogP contribution in [0.25, 0.3) is 0 Å². The maximum Gasteiger partial charge on any atom is 0.268 e. The van der Waals surface area contributed by atoms with Crippen LogP contribution in [0.4, 0.5) is 0 Å². The molecule has 0 aromatic carbocycles. The van der Waals surface area contributed by atoms with Crippen LogP contribution in [-0.2, 0) is 14.3 Å². The maximum absolute atomic E-state index is 9.92. The number of carbonyl (C=O) groups excluding carboxylic acids is 2. The largest absolute Gasteiger partial charge is 0.334 e. The summed E-state index contributed by atoms with van der Waals surface area (Å²) in [6.45, 7) is 3.90. The van der Waals surface area contributed by atoms with E-state index in [9.17, 15) is 9.59 Å². The molecule has 0 N–H and O–H groups in total. The average molecular weight is 198 g/mol. The molecule has 0 saturated carbocycles. The van der Waals surface area contributed by atoms with Crippen LogP contribution in [0, 0.1) is 0 Å². The van der Waals surface area contributed by atoms with Gasteiger partial charge in [-0.15, -0.1) is 9.98 Å². The molecule has 0 amide bonds. The molecule has 0 rings (SSSR count). The first-order valence-electron chi connectivity index (χ1n) is 4.54. The molecular formula is C9H14N2O3. The Labute approximate surface area is 82.9 Å². The van der Waals surface area contributed by atoms with Crippen molar-refractivity contribution in [3.05, 3.63) is 0 Å². The molecule has 0 heterocycles. The maximum atomic E-state index is 9.92. The zero-order chi connectivity index (χ0) is 10.8. The fourth-order valence-corrected chi connectivity index (χ4v) is 0.947. The molecule has 0 aromatic rings. The van der Waals surface area contributed by atoms with Crippen LogP contribution in [0.5, 0.6) is 0 Å². The van der Waals surface area contributed by atoms with E-state index in [4.69, 9.17) is 4.74 Å². The second-order valence-electron chi connectivity index (χ2n) is 2.86.